The Bertz CT molecular complexity index is 2530. The summed E-state index contributed by atoms with van der Waals surface area (Å²) in [5, 5.41) is 0. The van der Waals surface area contributed by atoms with Crippen LogP contribution in [0, 0.1) is 0 Å². The van der Waals surface area contributed by atoms with E-state index in [9.17, 15) is 14.4 Å². The molecule has 0 bridgehead atoms. The molecule has 0 aliphatic carbocycles. The van der Waals surface area contributed by atoms with Crippen molar-refractivity contribution in [3.05, 3.63) is 228 Å². The SMILES string of the molecule is CONc1nc(C(c2ccccc2)(c2ccccc2)c2ccccc2)nc2c1ncn2C(CCOCP(=O)(O)O)C(OC)OC(c1ccccc1)(c1ccccc1)c1ccccc1. The first-order valence-electron chi connectivity index (χ1n) is 20.5. The van der Waals surface area contributed by atoms with Crippen molar-refractivity contribution in [3.63, 3.8) is 0 Å². The number of imidazole rings is 1. The number of rotatable bonds is 19. The molecular formula is C50H48N5O7P. The standard InChI is InChI=1S/C50H48N5O7P/c1-59-47(62-50(40-27-15-6-16-28-40,41-29-17-7-18-30-41)42-31-19-8-20-32-42)43(33-34-61-36-63(56,57)58)55-35-51-44-45(54-60-2)52-48(53-46(44)55)49(37-21-9-3-10-22-37,38-23-11-4-12-24-38)39-25-13-5-14-26-39/h3-32,35,43,47H,33-34,36H2,1-2H3,(H,52,53,54)(H2,56,57,58). The predicted octanol–water partition coefficient (Wildman–Crippen LogP) is 9.25. The van der Waals surface area contributed by atoms with Gasteiger partial charge in [0.25, 0.3) is 0 Å². The molecule has 0 saturated carbocycles. The number of anilines is 1. The van der Waals surface area contributed by atoms with Crippen LogP contribution in [-0.2, 0) is 34.6 Å². The molecule has 8 aromatic rings. The molecule has 8 rings (SSSR count). The number of nitrogens with zero attached hydrogens (tertiary/aromatic N) is 4. The minimum absolute atomic E-state index is 0.0726. The summed E-state index contributed by atoms with van der Waals surface area (Å²) in [4.78, 5) is 40.6. The Kier molecular flexibility index (Phi) is 13.3. The van der Waals surface area contributed by atoms with Crippen LogP contribution in [0.4, 0.5) is 5.82 Å². The Morgan fingerprint density at radius 1 is 0.635 bits per heavy atom. The fourth-order valence-electron chi connectivity index (χ4n) is 8.42. The van der Waals surface area contributed by atoms with Crippen LogP contribution >= 0.6 is 7.60 Å². The summed E-state index contributed by atoms with van der Waals surface area (Å²) < 4.78 is 33.4. The van der Waals surface area contributed by atoms with Gasteiger partial charge in [0.05, 0.1) is 19.5 Å². The van der Waals surface area contributed by atoms with Gasteiger partial charge in [-0.05, 0) is 39.8 Å². The van der Waals surface area contributed by atoms with Crippen LogP contribution < -0.4 is 5.48 Å². The van der Waals surface area contributed by atoms with Crippen molar-refractivity contribution in [2.45, 2.75) is 29.8 Å². The van der Waals surface area contributed by atoms with Crippen molar-refractivity contribution in [2.75, 3.05) is 32.7 Å². The number of hydrogen-bond donors (Lipinski definition) is 3. The van der Waals surface area contributed by atoms with Crippen LogP contribution in [0.5, 0.6) is 0 Å². The molecule has 0 saturated heterocycles. The second-order valence-corrected chi connectivity index (χ2v) is 16.5. The van der Waals surface area contributed by atoms with E-state index in [4.69, 9.17) is 34.0 Å². The van der Waals surface area contributed by atoms with Crippen LogP contribution in [0.3, 0.4) is 0 Å². The third-order valence-corrected chi connectivity index (χ3v) is 11.6. The van der Waals surface area contributed by atoms with E-state index in [1.165, 1.54) is 7.11 Å². The van der Waals surface area contributed by atoms with Crippen LogP contribution in [0.2, 0.25) is 0 Å². The van der Waals surface area contributed by atoms with Gasteiger partial charge >= 0.3 is 7.60 Å². The lowest BCUT2D eigenvalue weighted by atomic mass is 9.68. The van der Waals surface area contributed by atoms with Gasteiger partial charge in [0.15, 0.2) is 29.1 Å². The Morgan fingerprint density at radius 2 is 1.06 bits per heavy atom. The lowest BCUT2D eigenvalue weighted by molar-refractivity contribution is -0.200. The first-order chi connectivity index (χ1) is 30.8. The summed E-state index contributed by atoms with van der Waals surface area (Å²) >= 11 is 0. The largest absolute Gasteiger partial charge is 0.369 e. The number of methoxy groups -OCH3 is 1. The zero-order valence-corrected chi connectivity index (χ0v) is 35.7. The van der Waals surface area contributed by atoms with E-state index in [-0.39, 0.29) is 13.0 Å². The van der Waals surface area contributed by atoms with Gasteiger partial charge in [0.2, 0.25) is 0 Å². The maximum Gasteiger partial charge on any atom is 0.350 e. The molecule has 0 aliphatic rings. The van der Waals surface area contributed by atoms with E-state index in [1.54, 1.807) is 13.4 Å². The molecule has 2 unspecified atom stereocenters. The highest BCUT2D eigenvalue weighted by Gasteiger charge is 2.45. The van der Waals surface area contributed by atoms with Crippen molar-refractivity contribution in [1.82, 2.24) is 19.5 Å². The van der Waals surface area contributed by atoms with Gasteiger partial charge in [0, 0.05) is 13.7 Å². The highest BCUT2D eigenvalue weighted by molar-refractivity contribution is 7.51. The van der Waals surface area contributed by atoms with E-state index < -0.39 is 37.3 Å². The van der Waals surface area contributed by atoms with Crippen molar-refractivity contribution in [2.24, 2.45) is 0 Å². The van der Waals surface area contributed by atoms with Crippen LogP contribution in [-0.4, -0.2) is 62.8 Å². The highest BCUT2D eigenvalue weighted by Crippen LogP contribution is 2.46. The third kappa shape index (κ3) is 8.84. The van der Waals surface area contributed by atoms with E-state index in [2.05, 4.69) is 41.9 Å². The molecule has 3 N–H and O–H groups in total. The van der Waals surface area contributed by atoms with E-state index in [0.717, 1.165) is 33.4 Å². The van der Waals surface area contributed by atoms with Gasteiger partial charge in [0.1, 0.15) is 17.4 Å². The number of hydrogen-bond acceptors (Lipinski definition) is 9. The van der Waals surface area contributed by atoms with Crippen molar-refractivity contribution >= 4 is 24.6 Å². The van der Waals surface area contributed by atoms with Gasteiger partial charge in [-0.25, -0.2) is 20.4 Å². The smallest absolute Gasteiger partial charge is 0.350 e. The number of ether oxygens (including phenoxy) is 3. The molecule has 63 heavy (non-hydrogen) atoms. The van der Waals surface area contributed by atoms with Gasteiger partial charge in [-0.3, -0.25) is 9.40 Å². The quantitative estimate of drug-likeness (QED) is 0.0235. The van der Waals surface area contributed by atoms with Crippen molar-refractivity contribution < 1.29 is 33.4 Å². The molecule has 2 atom stereocenters. The Morgan fingerprint density at radius 3 is 1.46 bits per heavy atom. The minimum atomic E-state index is -4.48. The first-order valence-corrected chi connectivity index (χ1v) is 22.3. The van der Waals surface area contributed by atoms with E-state index in [1.807, 2.05) is 150 Å². The highest BCUT2D eigenvalue weighted by atomic mass is 31.2. The van der Waals surface area contributed by atoms with Crippen molar-refractivity contribution in [3.8, 4) is 0 Å². The molecule has 6 aromatic carbocycles. The average Bonchev–Trinajstić information content (AvgIpc) is 3.76. The number of nitrogens with one attached hydrogen (secondary N) is 1. The lowest BCUT2D eigenvalue weighted by Crippen LogP contribution is -2.41. The zero-order chi connectivity index (χ0) is 43.7. The number of benzene rings is 6. The van der Waals surface area contributed by atoms with Crippen LogP contribution in [0.1, 0.15) is 51.7 Å². The second kappa shape index (κ2) is 19.4. The predicted molar refractivity (Wildman–Crippen MR) is 242 cm³/mol. The summed E-state index contributed by atoms with van der Waals surface area (Å²) in [6, 6.07) is 59.4. The van der Waals surface area contributed by atoms with Gasteiger partial charge in [-0.1, -0.05) is 182 Å². The zero-order valence-electron chi connectivity index (χ0n) is 34.8. The van der Waals surface area contributed by atoms with Crippen LogP contribution in [0.25, 0.3) is 11.2 Å². The molecule has 0 aliphatic heterocycles. The molecule has 0 amide bonds. The lowest BCUT2D eigenvalue weighted by Gasteiger charge is -2.40. The fourth-order valence-corrected chi connectivity index (χ4v) is 8.79. The molecule has 0 fully saturated rings. The van der Waals surface area contributed by atoms with Crippen molar-refractivity contribution in [1.29, 1.82) is 0 Å². The average molecular weight is 862 g/mol. The van der Waals surface area contributed by atoms with Gasteiger partial charge in [-0.2, -0.15) is 0 Å². The molecule has 2 aromatic heterocycles. The first kappa shape index (κ1) is 43.3. The Labute approximate surface area is 366 Å². The summed E-state index contributed by atoms with van der Waals surface area (Å²) in [6.45, 7) is -0.0726. The number of aromatic nitrogens is 4. The maximum absolute atomic E-state index is 12.0. The van der Waals surface area contributed by atoms with Gasteiger partial charge < -0.3 is 28.6 Å². The summed E-state index contributed by atoms with van der Waals surface area (Å²) in [6.07, 6.45) is -0.00269. The molecule has 13 heteroatoms. The third-order valence-electron chi connectivity index (χ3n) is 11.1. The molecule has 2 heterocycles. The molecular weight excluding hydrogens is 814 g/mol. The summed E-state index contributed by atoms with van der Waals surface area (Å²) in [5.74, 6) is 0.750. The molecule has 320 valence electrons. The summed E-state index contributed by atoms with van der Waals surface area (Å²) in [7, 11) is -1.40. The second-order valence-electron chi connectivity index (χ2n) is 14.9. The van der Waals surface area contributed by atoms with Gasteiger partial charge in [-0.15, -0.1) is 0 Å². The fraction of sp³-hybridized carbons (Fsp3) is 0.180. The molecule has 0 radical (unpaired) electrons. The monoisotopic (exact) mass is 861 g/mol. The molecule has 0 spiro atoms. The Hall–Kier alpha value is -6.34. The van der Waals surface area contributed by atoms with E-state index in [0.29, 0.717) is 22.8 Å². The Balaban J connectivity index is 1.38. The van der Waals surface area contributed by atoms with E-state index >= 15 is 0 Å². The molecule has 12 nitrogen and oxygen atoms in total. The minimum Gasteiger partial charge on any atom is -0.369 e. The number of fused-ring (bicyclic) bond motifs is 1. The topological polar surface area (TPSA) is 150 Å². The summed E-state index contributed by atoms with van der Waals surface area (Å²) in [5.41, 5.74) is 6.89. The normalized spacial score (nSPS) is 13.1. The maximum atomic E-state index is 12.0. The van der Waals surface area contributed by atoms with Crippen LogP contribution in [0.15, 0.2) is 188 Å².